The quantitative estimate of drug-likeness (QED) is 0.107. The number of rotatable bonds is 13. The Labute approximate surface area is 497 Å². The summed E-state index contributed by atoms with van der Waals surface area (Å²) in [6.07, 6.45) is 16.7. The van der Waals surface area contributed by atoms with Gasteiger partial charge in [-0.15, -0.1) is 0 Å². The Balaban J connectivity index is 0.946. The first-order chi connectivity index (χ1) is 40.6. The van der Waals surface area contributed by atoms with E-state index in [4.69, 9.17) is 0 Å². The highest BCUT2D eigenvalue weighted by atomic mass is 15.2. The Morgan fingerprint density at radius 3 is 1.07 bits per heavy atom. The predicted octanol–water partition coefficient (Wildman–Crippen LogP) is 22.6. The van der Waals surface area contributed by atoms with Crippen LogP contribution in [0.15, 0.2) is 261 Å². The molecule has 13 rings (SSSR count). The number of benzene rings is 10. The molecule has 0 bridgehead atoms. The van der Waals surface area contributed by atoms with Crippen molar-refractivity contribution < 1.29 is 0 Å². The maximum Gasteiger partial charge on any atom is 0.0543 e. The molecule has 0 fully saturated rings. The van der Waals surface area contributed by atoms with Crippen molar-refractivity contribution in [3.8, 4) is 33.4 Å². The Morgan fingerprint density at radius 2 is 0.679 bits per heavy atom. The molecular weight excluding hydrogens is 1010 g/mol. The molecule has 10 aromatic rings. The van der Waals surface area contributed by atoms with Gasteiger partial charge in [-0.05, 0) is 227 Å². The number of fused-ring (bicyclic) bond motifs is 13. The van der Waals surface area contributed by atoms with E-state index in [2.05, 4.69) is 322 Å². The Kier molecular flexibility index (Phi) is 13.1. The average Bonchev–Trinajstić information content (AvgIpc) is 1.54. The second-order valence-electron chi connectivity index (χ2n) is 24.7. The second-order valence-corrected chi connectivity index (χ2v) is 24.7. The lowest BCUT2D eigenvalue weighted by Gasteiger charge is -2.31. The number of allylic oxidation sites excluding steroid dienone is 8. The average molecular weight is 1090 g/mol. The van der Waals surface area contributed by atoms with Gasteiger partial charge in [-0.1, -0.05) is 181 Å². The van der Waals surface area contributed by atoms with Crippen LogP contribution in [-0.2, 0) is 16.2 Å². The lowest BCUT2D eigenvalue weighted by molar-refractivity contribution is 0.649. The van der Waals surface area contributed by atoms with E-state index in [0.29, 0.717) is 0 Å². The molecule has 0 aromatic heterocycles. The second kappa shape index (κ2) is 20.5. The van der Waals surface area contributed by atoms with E-state index >= 15 is 0 Å². The van der Waals surface area contributed by atoms with Gasteiger partial charge in [0.1, 0.15) is 0 Å². The van der Waals surface area contributed by atoms with Crippen molar-refractivity contribution in [2.45, 2.75) is 85.5 Å². The van der Waals surface area contributed by atoms with Gasteiger partial charge in [-0.25, -0.2) is 0 Å². The van der Waals surface area contributed by atoms with Gasteiger partial charge in [-0.3, -0.25) is 0 Å². The topological polar surface area (TPSA) is 9.72 Å². The van der Waals surface area contributed by atoms with Crippen molar-refractivity contribution in [3.63, 3.8) is 0 Å². The molecule has 3 aliphatic carbocycles. The molecule has 0 atom stereocenters. The van der Waals surface area contributed by atoms with Gasteiger partial charge in [0.05, 0.1) is 11.4 Å². The van der Waals surface area contributed by atoms with E-state index in [9.17, 15) is 0 Å². The summed E-state index contributed by atoms with van der Waals surface area (Å²) in [5, 5.41) is 4.93. The van der Waals surface area contributed by atoms with Crippen molar-refractivity contribution >= 4 is 61.4 Å². The van der Waals surface area contributed by atoms with Crippen LogP contribution in [0.2, 0.25) is 0 Å². The summed E-state index contributed by atoms with van der Waals surface area (Å²) >= 11 is 0. The van der Waals surface area contributed by atoms with Gasteiger partial charge in [-0.2, -0.15) is 0 Å². The van der Waals surface area contributed by atoms with Crippen molar-refractivity contribution in [2.24, 2.45) is 0 Å². The van der Waals surface area contributed by atoms with Crippen LogP contribution >= 0.6 is 0 Å². The number of anilines is 7. The van der Waals surface area contributed by atoms with E-state index in [1.807, 2.05) is 12.2 Å². The number of aryl methyl sites for hydroxylation is 2. The third-order valence-electron chi connectivity index (χ3n) is 18.4. The molecule has 0 unspecified atom stereocenters. The number of hydrogen-bond donors (Lipinski definition) is 0. The molecule has 0 radical (unpaired) electrons. The SMILES string of the molecule is C=C/C=C(\C=C/C)N(c1ccccc1)c1cc2c(c3ccccc13)-c1cc3c(cc1C2(C)C)-c1cc2c(cc1C3(C)C)-c1c(cc(N(C(/C=C\C)=C/C=C)c3ccc(N(c4ccc(C)cc4)c4ccc(C)cc4)cc3)c3ccccc13)C2(C)C. The van der Waals surface area contributed by atoms with Crippen LogP contribution in [0.1, 0.15) is 99.9 Å². The molecule has 0 aliphatic heterocycles. The monoisotopic (exact) mass is 1090 g/mol. The molecule has 0 saturated carbocycles. The van der Waals surface area contributed by atoms with E-state index in [1.165, 1.54) is 99.4 Å². The zero-order valence-corrected chi connectivity index (χ0v) is 50.3. The standard InChI is InChI=1S/C81H73N3/c1-13-24-54(25-14-2)83(56-28-18-17-19-29-56)75-50-73-77(63-32-22-20-30-61(63)75)67-48-69-65(46-71(67)80(73,9)10)66-47-72-68(49-70(66)79(69,7)8)78-64-33-23-21-31-62(64)76(51-74(78)81(72,11)12)84(55(26-15-3)27-16-4)60-44-42-59(43-45-60)82(57-38-34-52(5)35-39-57)58-40-36-53(6)37-41-58/h13-51H,1,3H2,2,4-12H3/b25-14-,27-16-,54-24+,55-26+. The molecule has 84 heavy (non-hydrogen) atoms. The minimum atomic E-state index is -0.329. The van der Waals surface area contributed by atoms with Crippen LogP contribution in [0.3, 0.4) is 0 Å². The molecule has 0 amide bonds. The number of hydrogen-bond acceptors (Lipinski definition) is 3. The first kappa shape index (κ1) is 53.8. The van der Waals surface area contributed by atoms with E-state index < -0.39 is 0 Å². The predicted molar refractivity (Wildman–Crippen MR) is 362 cm³/mol. The largest absolute Gasteiger partial charge is 0.311 e. The van der Waals surface area contributed by atoms with Gasteiger partial charge < -0.3 is 14.7 Å². The van der Waals surface area contributed by atoms with Crippen LogP contribution in [0.25, 0.3) is 54.9 Å². The number of para-hydroxylation sites is 1. The summed E-state index contributed by atoms with van der Waals surface area (Å²) in [4.78, 5) is 7.17. The van der Waals surface area contributed by atoms with E-state index in [-0.39, 0.29) is 16.2 Å². The molecule has 3 aliphatic rings. The summed E-state index contributed by atoms with van der Waals surface area (Å²) in [7, 11) is 0. The fourth-order valence-corrected chi connectivity index (χ4v) is 14.2. The smallest absolute Gasteiger partial charge is 0.0543 e. The van der Waals surface area contributed by atoms with Crippen LogP contribution < -0.4 is 14.7 Å². The van der Waals surface area contributed by atoms with Crippen molar-refractivity contribution in [2.75, 3.05) is 14.7 Å². The molecule has 10 aromatic carbocycles. The molecule has 412 valence electrons. The Morgan fingerprint density at radius 1 is 0.357 bits per heavy atom. The molecular formula is C81H73N3. The molecule has 0 heterocycles. The van der Waals surface area contributed by atoms with Crippen LogP contribution in [0.5, 0.6) is 0 Å². The minimum Gasteiger partial charge on any atom is -0.311 e. The summed E-state index contributed by atoms with van der Waals surface area (Å²) in [6.45, 7) is 31.5. The van der Waals surface area contributed by atoms with Crippen molar-refractivity contribution in [1.29, 1.82) is 0 Å². The summed E-state index contributed by atoms with van der Waals surface area (Å²) in [5.74, 6) is 0. The van der Waals surface area contributed by atoms with Gasteiger partial charge in [0.15, 0.2) is 0 Å². The minimum absolute atomic E-state index is 0.269. The highest BCUT2D eigenvalue weighted by Gasteiger charge is 2.46. The van der Waals surface area contributed by atoms with Crippen molar-refractivity contribution in [1.82, 2.24) is 0 Å². The fraction of sp³-hybridized carbons (Fsp3) is 0.160. The molecule has 3 heteroatoms. The van der Waals surface area contributed by atoms with Gasteiger partial charge in [0.25, 0.3) is 0 Å². The van der Waals surface area contributed by atoms with Crippen LogP contribution in [0, 0.1) is 13.8 Å². The van der Waals surface area contributed by atoms with Crippen LogP contribution in [0.4, 0.5) is 39.8 Å². The molecule has 3 nitrogen and oxygen atoms in total. The summed E-state index contributed by atoms with van der Waals surface area (Å²) in [6, 6.07) is 70.9. The first-order valence-corrected chi connectivity index (χ1v) is 29.7. The van der Waals surface area contributed by atoms with Gasteiger partial charge in [0, 0.05) is 66.8 Å². The van der Waals surface area contributed by atoms with Gasteiger partial charge >= 0.3 is 0 Å². The Bertz CT molecular complexity index is 4400. The van der Waals surface area contributed by atoms with Crippen LogP contribution in [-0.4, -0.2) is 0 Å². The normalized spacial score (nSPS) is 15.0. The first-order valence-electron chi connectivity index (χ1n) is 29.7. The zero-order valence-electron chi connectivity index (χ0n) is 50.3. The molecule has 0 saturated heterocycles. The zero-order chi connectivity index (χ0) is 58.4. The maximum absolute atomic E-state index is 4.23. The van der Waals surface area contributed by atoms with Gasteiger partial charge in [0.2, 0.25) is 0 Å². The molecule has 0 N–H and O–H groups in total. The third-order valence-corrected chi connectivity index (χ3v) is 18.4. The highest BCUT2D eigenvalue weighted by Crippen LogP contribution is 2.62. The van der Waals surface area contributed by atoms with Crippen molar-refractivity contribution in [3.05, 3.63) is 306 Å². The third kappa shape index (κ3) is 8.38. The Hall–Kier alpha value is -9.44. The van der Waals surface area contributed by atoms with E-state index in [0.717, 1.165) is 51.2 Å². The lowest BCUT2D eigenvalue weighted by Crippen LogP contribution is -2.19. The lowest BCUT2D eigenvalue weighted by atomic mass is 9.78. The fourth-order valence-electron chi connectivity index (χ4n) is 14.2. The highest BCUT2D eigenvalue weighted by molar-refractivity contribution is 6.12. The van der Waals surface area contributed by atoms with E-state index in [1.54, 1.807) is 0 Å². The summed E-state index contributed by atoms with van der Waals surface area (Å²) < 4.78 is 0. The molecule has 0 spiro atoms. The number of nitrogens with zero attached hydrogens (tertiary/aromatic N) is 3. The summed E-state index contributed by atoms with van der Waals surface area (Å²) in [5.41, 5.74) is 27.6. The maximum atomic E-state index is 4.23.